The van der Waals surface area contributed by atoms with Gasteiger partial charge in [0.25, 0.3) is 0 Å². The van der Waals surface area contributed by atoms with E-state index in [1.165, 1.54) is 11.1 Å². The number of hydrogen-bond donors (Lipinski definition) is 0. The van der Waals surface area contributed by atoms with Crippen molar-refractivity contribution in [2.75, 3.05) is 0 Å². The molecule has 0 aliphatic rings. The molecule has 3 aromatic carbocycles. The third-order valence-corrected chi connectivity index (χ3v) is 4.16. The van der Waals surface area contributed by atoms with Crippen LogP contribution in [0.4, 0.5) is 0 Å². The Bertz CT molecular complexity index is 693. The number of carbonyl (C=O) groups excluding carboxylic acids is 1. The van der Waals surface area contributed by atoms with Crippen molar-refractivity contribution in [3.05, 3.63) is 108 Å². The zero-order chi connectivity index (χ0) is 15.9. The lowest BCUT2D eigenvalue weighted by Crippen LogP contribution is -2.06. The summed E-state index contributed by atoms with van der Waals surface area (Å²) in [5.74, 6) is 0.465. The number of hydrogen-bond acceptors (Lipinski definition) is 1. The van der Waals surface area contributed by atoms with Crippen molar-refractivity contribution < 1.29 is 4.79 Å². The molecule has 0 saturated heterocycles. The van der Waals surface area contributed by atoms with E-state index < -0.39 is 0 Å². The van der Waals surface area contributed by atoms with E-state index in [0.717, 1.165) is 12.0 Å². The maximum absolute atomic E-state index is 12.4. The van der Waals surface area contributed by atoms with Gasteiger partial charge in [-0.1, -0.05) is 91.0 Å². The third-order valence-electron chi connectivity index (χ3n) is 4.16. The van der Waals surface area contributed by atoms with Gasteiger partial charge in [0.05, 0.1) is 0 Å². The molecule has 0 amide bonds. The molecule has 0 unspecified atom stereocenters. The van der Waals surface area contributed by atoms with Gasteiger partial charge < -0.3 is 0 Å². The summed E-state index contributed by atoms with van der Waals surface area (Å²) in [7, 11) is 0. The topological polar surface area (TPSA) is 17.1 Å². The number of benzene rings is 3. The fraction of sp³-hybridized carbons (Fsp3) is 0.136. The smallest absolute Gasteiger partial charge is 0.162 e. The first-order chi connectivity index (χ1) is 11.3. The van der Waals surface area contributed by atoms with Gasteiger partial charge in [0.15, 0.2) is 5.78 Å². The minimum atomic E-state index is 0.211. The molecule has 0 bridgehead atoms. The largest absolute Gasteiger partial charge is 0.294 e. The highest BCUT2D eigenvalue weighted by atomic mass is 16.1. The normalized spacial score (nSPS) is 10.7. The van der Waals surface area contributed by atoms with Crippen molar-refractivity contribution in [2.45, 2.75) is 18.8 Å². The lowest BCUT2D eigenvalue weighted by atomic mass is 9.86. The predicted molar refractivity (Wildman–Crippen MR) is 94.7 cm³/mol. The van der Waals surface area contributed by atoms with E-state index in [2.05, 4.69) is 48.5 Å². The van der Waals surface area contributed by atoms with Crippen LogP contribution in [0.5, 0.6) is 0 Å². The van der Waals surface area contributed by atoms with Gasteiger partial charge in [0.1, 0.15) is 0 Å². The van der Waals surface area contributed by atoms with E-state index in [-0.39, 0.29) is 11.7 Å². The highest BCUT2D eigenvalue weighted by Gasteiger charge is 2.16. The second-order valence-corrected chi connectivity index (χ2v) is 5.70. The Morgan fingerprint density at radius 3 is 1.57 bits per heavy atom. The average Bonchev–Trinajstić information content (AvgIpc) is 2.64. The Morgan fingerprint density at radius 1 is 0.652 bits per heavy atom. The molecule has 0 fully saturated rings. The molecule has 114 valence electrons. The molecule has 3 rings (SSSR count). The summed E-state index contributed by atoms with van der Waals surface area (Å²) in [5, 5.41) is 0. The molecule has 1 heteroatoms. The van der Waals surface area contributed by atoms with Gasteiger partial charge in [0, 0.05) is 17.9 Å². The second-order valence-electron chi connectivity index (χ2n) is 5.70. The van der Waals surface area contributed by atoms with Crippen molar-refractivity contribution >= 4 is 5.78 Å². The molecule has 0 aliphatic heterocycles. The molecular formula is C22H20O. The zero-order valence-corrected chi connectivity index (χ0v) is 13.1. The van der Waals surface area contributed by atoms with Gasteiger partial charge in [-0.05, 0) is 17.5 Å². The maximum atomic E-state index is 12.4. The van der Waals surface area contributed by atoms with Crippen molar-refractivity contribution in [1.29, 1.82) is 0 Å². The van der Waals surface area contributed by atoms with E-state index in [9.17, 15) is 4.79 Å². The summed E-state index contributed by atoms with van der Waals surface area (Å²) in [4.78, 5) is 12.4. The summed E-state index contributed by atoms with van der Waals surface area (Å²) in [6, 6.07) is 30.4. The highest BCUT2D eigenvalue weighted by Crippen LogP contribution is 2.29. The fourth-order valence-corrected chi connectivity index (χ4v) is 2.94. The Hall–Kier alpha value is -2.67. The average molecular weight is 300 g/mol. The van der Waals surface area contributed by atoms with E-state index in [4.69, 9.17) is 0 Å². The number of carbonyl (C=O) groups is 1. The molecule has 0 atom stereocenters. The van der Waals surface area contributed by atoms with E-state index in [0.29, 0.717) is 6.42 Å². The van der Waals surface area contributed by atoms with Gasteiger partial charge in [-0.3, -0.25) is 4.79 Å². The van der Waals surface area contributed by atoms with Crippen LogP contribution in [0.15, 0.2) is 91.0 Å². The van der Waals surface area contributed by atoms with Gasteiger partial charge in [-0.25, -0.2) is 0 Å². The molecule has 0 radical (unpaired) electrons. The summed E-state index contributed by atoms with van der Waals surface area (Å²) < 4.78 is 0. The van der Waals surface area contributed by atoms with Crippen LogP contribution in [0.3, 0.4) is 0 Å². The van der Waals surface area contributed by atoms with Crippen LogP contribution in [0.25, 0.3) is 0 Å². The van der Waals surface area contributed by atoms with E-state index in [1.54, 1.807) is 0 Å². The molecule has 0 heterocycles. The molecule has 3 aromatic rings. The third kappa shape index (κ3) is 3.95. The monoisotopic (exact) mass is 300 g/mol. The summed E-state index contributed by atoms with van der Waals surface area (Å²) >= 11 is 0. The van der Waals surface area contributed by atoms with Crippen LogP contribution in [-0.2, 0) is 0 Å². The molecule has 0 saturated carbocycles. The first kappa shape index (κ1) is 15.2. The molecule has 1 nitrogen and oxygen atoms in total. The maximum Gasteiger partial charge on any atom is 0.162 e. The Balaban J connectivity index is 1.79. The molecule has 23 heavy (non-hydrogen) atoms. The molecule has 0 spiro atoms. The van der Waals surface area contributed by atoms with Gasteiger partial charge in [0.2, 0.25) is 0 Å². The van der Waals surface area contributed by atoms with Gasteiger partial charge in [-0.2, -0.15) is 0 Å². The number of rotatable bonds is 6. The van der Waals surface area contributed by atoms with Crippen LogP contribution in [-0.4, -0.2) is 5.78 Å². The minimum absolute atomic E-state index is 0.211. The SMILES string of the molecule is O=C(CCC(c1ccccc1)c1ccccc1)c1ccccc1. The van der Waals surface area contributed by atoms with Gasteiger partial charge in [-0.15, -0.1) is 0 Å². The molecular weight excluding hydrogens is 280 g/mol. The lowest BCUT2D eigenvalue weighted by molar-refractivity contribution is 0.0978. The number of ketones is 1. The summed E-state index contributed by atoms with van der Waals surface area (Å²) in [5.41, 5.74) is 3.33. The number of Topliss-reactive ketones (excluding diaryl/α,β-unsaturated/α-hetero) is 1. The molecule has 0 N–H and O–H groups in total. The quantitative estimate of drug-likeness (QED) is 0.551. The molecule has 0 aromatic heterocycles. The standard InChI is InChI=1S/C22H20O/c23-22(20-14-8-3-9-15-20)17-16-21(18-10-4-1-5-11-18)19-12-6-2-7-13-19/h1-15,21H,16-17H2. The van der Waals surface area contributed by atoms with Crippen LogP contribution >= 0.6 is 0 Å². The lowest BCUT2D eigenvalue weighted by Gasteiger charge is -2.17. The van der Waals surface area contributed by atoms with Crippen molar-refractivity contribution in [2.24, 2.45) is 0 Å². The summed E-state index contributed by atoms with van der Waals surface area (Å²) in [6.07, 6.45) is 1.38. The minimum Gasteiger partial charge on any atom is -0.294 e. The second kappa shape index (κ2) is 7.55. The van der Waals surface area contributed by atoms with Crippen LogP contribution < -0.4 is 0 Å². The Labute approximate surface area is 137 Å². The zero-order valence-electron chi connectivity index (χ0n) is 13.1. The van der Waals surface area contributed by atoms with Crippen LogP contribution in [0.2, 0.25) is 0 Å². The first-order valence-electron chi connectivity index (χ1n) is 8.03. The van der Waals surface area contributed by atoms with Crippen molar-refractivity contribution in [3.63, 3.8) is 0 Å². The van der Waals surface area contributed by atoms with Gasteiger partial charge >= 0.3 is 0 Å². The highest BCUT2D eigenvalue weighted by molar-refractivity contribution is 5.96. The predicted octanol–water partition coefficient (Wildman–Crippen LogP) is 5.48. The van der Waals surface area contributed by atoms with E-state index >= 15 is 0 Å². The fourth-order valence-electron chi connectivity index (χ4n) is 2.94. The van der Waals surface area contributed by atoms with Crippen LogP contribution in [0, 0.1) is 0 Å². The van der Waals surface area contributed by atoms with Crippen molar-refractivity contribution in [1.82, 2.24) is 0 Å². The Kier molecular flexibility index (Phi) is 5.00. The first-order valence-corrected chi connectivity index (χ1v) is 8.03. The summed E-state index contributed by atoms with van der Waals surface area (Å²) in [6.45, 7) is 0. The molecule has 0 aliphatic carbocycles. The van der Waals surface area contributed by atoms with Crippen LogP contribution in [0.1, 0.15) is 40.2 Å². The van der Waals surface area contributed by atoms with Crippen molar-refractivity contribution in [3.8, 4) is 0 Å². The Morgan fingerprint density at radius 2 is 1.09 bits per heavy atom. The van der Waals surface area contributed by atoms with E-state index in [1.807, 2.05) is 42.5 Å².